The lowest BCUT2D eigenvalue weighted by Gasteiger charge is -2.16. The molecule has 4 heteroatoms. The summed E-state index contributed by atoms with van der Waals surface area (Å²) < 4.78 is 10.2. The molecule has 0 N–H and O–H groups in total. The van der Waals surface area contributed by atoms with E-state index in [1.54, 1.807) is 45.0 Å². The maximum absolute atomic E-state index is 11.7. The predicted molar refractivity (Wildman–Crippen MR) is 67.6 cm³/mol. The lowest BCUT2D eigenvalue weighted by Crippen LogP contribution is -2.25. The molecule has 0 atom stereocenters. The van der Waals surface area contributed by atoms with E-state index in [1.165, 1.54) is 6.07 Å². The van der Waals surface area contributed by atoms with Gasteiger partial charge in [-0.2, -0.15) is 0 Å². The monoisotopic (exact) mass is 246 g/mol. The summed E-state index contributed by atoms with van der Waals surface area (Å²) in [6.07, 6.45) is 0. The highest BCUT2D eigenvalue weighted by Gasteiger charge is 2.23. The fourth-order valence-corrected chi connectivity index (χ4v) is 1.36. The Morgan fingerprint density at radius 2 is 1.83 bits per heavy atom. The summed E-state index contributed by atoms with van der Waals surface area (Å²) in [7, 11) is 0. The highest BCUT2D eigenvalue weighted by Crippen LogP contribution is 2.23. The second-order valence-electron chi connectivity index (χ2n) is 5.09. The minimum atomic E-state index is -0.577. The van der Waals surface area contributed by atoms with Crippen LogP contribution in [0.15, 0.2) is 39.5 Å². The van der Waals surface area contributed by atoms with Gasteiger partial charge in [-0.25, -0.2) is 4.79 Å². The van der Waals surface area contributed by atoms with Crippen LogP contribution in [0.3, 0.4) is 0 Å². The molecule has 0 fully saturated rings. The van der Waals surface area contributed by atoms with E-state index in [0.717, 1.165) is 5.39 Å². The number of esters is 1. The molecule has 94 valence electrons. The lowest BCUT2D eigenvalue weighted by molar-refractivity contribution is -0.142. The number of rotatable bonds is 1. The van der Waals surface area contributed by atoms with Crippen LogP contribution >= 0.6 is 0 Å². The van der Waals surface area contributed by atoms with Crippen molar-refractivity contribution < 1.29 is 13.9 Å². The van der Waals surface area contributed by atoms with Gasteiger partial charge in [-0.1, -0.05) is 0 Å². The summed E-state index contributed by atoms with van der Waals surface area (Å²) >= 11 is 0. The van der Waals surface area contributed by atoms with E-state index >= 15 is 0 Å². The average Bonchev–Trinajstić information content (AvgIpc) is 2.27. The molecule has 0 bridgehead atoms. The Morgan fingerprint density at radius 3 is 2.50 bits per heavy atom. The topological polar surface area (TPSA) is 56.5 Å². The maximum Gasteiger partial charge on any atom is 0.336 e. The van der Waals surface area contributed by atoms with Crippen molar-refractivity contribution in [2.45, 2.75) is 20.8 Å². The summed E-state index contributed by atoms with van der Waals surface area (Å²) in [6.45, 7) is 5.32. The van der Waals surface area contributed by atoms with Crippen molar-refractivity contribution >= 4 is 16.9 Å². The van der Waals surface area contributed by atoms with Crippen LogP contribution in [0.2, 0.25) is 0 Å². The first-order valence-electron chi connectivity index (χ1n) is 5.62. The van der Waals surface area contributed by atoms with Gasteiger partial charge in [-0.15, -0.1) is 0 Å². The van der Waals surface area contributed by atoms with Gasteiger partial charge in [0.05, 0.1) is 5.41 Å². The molecule has 0 amide bonds. The first-order chi connectivity index (χ1) is 8.36. The number of hydrogen-bond donors (Lipinski definition) is 0. The summed E-state index contributed by atoms with van der Waals surface area (Å²) in [4.78, 5) is 22.8. The van der Waals surface area contributed by atoms with Gasteiger partial charge in [0.2, 0.25) is 0 Å². The third-order valence-corrected chi connectivity index (χ3v) is 2.42. The van der Waals surface area contributed by atoms with Gasteiger partial charge < -0.3 is 9.15 Å². The molecule has 0 aliphatic carbocycles. The standard InChI is InChI=1S/C14H14O4/c1-14(2,3)13(16)17-10-6-4-9-5-7-12(15)18-11(9)8-10/h4-8H,1-3H3. The van der Waals surface area contributed by atoms with Crippen molar-refractivity contribution in [3.05, 3.63) is 40.8 Å². The molecule has 1 heterocycles. The van der Waals surface area contributed by atoms with Gasteiger partial charge in [0.15, 0.2) is 0 Å². The van der Waals surface area contributed by atoms with Crippen LogP contribution < -0.4 is 10.4 Å². The molecule has 4 nitrogen and oxygen atoms in total. The first-order valence-corrected chi connectivity index (χ1v) is 5.62. The summed E-state index contributed by atoms with van der Waals surface area (Å²) in [5.41, 5.74) is -0.601. The van der Waals surface area contributed by atoms with Gasteiger partial charge in [0, 0.05) is 17.5 Å². The van der Waals surface area contributed by atoms with Crippen LogP contribution in [0.25, 0.3) is 11.0 Å². The zero-order valence-corrected chi connectivity index (χ0v) is 10.5. The molecule has 0 unspecified atom stereocenters. The van der Waals surface area contributed by atoms with E-state index in [9.17, 15) is 9.59 Å². The third-order valence-electron chi connectivity index (χ3n) is 2.42. The quantitative estimate of drug-likeness (QED) is 0.441. The molecule has 0 aliphatic rings. The molecular weight excluding hydrogens is 232 g/mol. The highest BCUT2D eigenvalue weighted by molar-refractivity contribution is 5.81. The number of carbonyl (C=O) groups excluding carboxylic acids is 1. The van der Waals surface area contributed by atoms with Gasteiger partial charge in [0.25, 0.3) is 0 Å². The van der Waals surface area contributed by atoms with Gasteiger partial charge in [0.1, 0.15) is 11.3 Å². The van der Waals surface area contributed by atoms with Crippen molar-refractivity contribution in [1.29, 1.82) is 0 Å². The van der Waals surface area contributed by atoms with Crippen LogP contribution in [0.5, 0.6) is 5.75 Å². The fourth-order valence-electron chi connectivity index (χ4n) is 1.36. The number of fused-ring (bicyclic) bond motifs is 1. The Hall–Kier alpha value is -2.10. The Morgan fingerprint density at radius 1 is 1.17 bits per heavy atom. The van der Waals surface area contributed by atoms with E-state index in [4.69, 9.17) is 9.15 Å². The van der Waals surface area contributed by atoms with Crippen LogP contribution in [0.1, 0.15) is 20.8 Å². The van der Waals surface area contributed by atoms with Gasteiger partial charge >= 0.3 is 11.6 Å². The van der Waals surface area contributed by atoms with Crippen LogP contribution in [0.4, 0.5) is 0 Å². The van der Waals surface area contributed by atoms with Crippen molar-refractivity contribution in [2.75, 3.05) is 0 Å². The van der Waals surface area contributed by atoms with Gasteiger partial charge in [-0.3, -0.25) is 4.79 Å². The van der Waals surface area contributed by atoms with E-state index < -0.39 is 11.0 Å². The first kappa shape index (κ1) is 12.4. The minimum Gasteiger partial charge on any atom is -0.426 e. The number of carbonyl (C=O) groups is 1. The molecule has 0 spiro atoms. The molecular formula is C14H14O4. The zero-order valence-electron chi connectivity index (χ0n) is 10.5. The van der Waals surface area contributed by atoms with Crippen molar-refractivity contribution in [3.63, 3.8) is 0 Å². The summed E-state index contributed by atoms with van der Waals surface area (Å²) in [6, 6.07) is 7.97. The average molecular weight is 246 g/mol. The van der Waals surface area contributed by atoms with E-state index in [1.807, 2.05) is 0 Å². The Balaban J connectivity index is 2.36. The fraction of sp³-hybridized carbons (Fsp3) is 0.286. The Bertz CT molecular complexity index is 647. The van der Waals surface area contributed by atoms with E-state index in [2.05, 4.69) is 0 Å². The molecule has 0 saturated heterocycles. The molecule has 18 heavy (non-hydrogen) atoms. The predicted octanol–water partition coefficient (Wildman–Crippen LogP) is 2.74. The number of hydrogen-bond acceptors (Lipinski definition) is 4. The number of benzene rings is 1. The van der Waals surface area contributed by atoms with Crippen molar-refractivity contribution in [1.82, 2.24) is 0 Å². The van der Waals surface area contributed by atoms with Crippen LogP contribution in [-0.2, 0) is 4.79 Å². The molecule has 2 rings (SSSR count). The lowest BCUT2D eigenvalue weighted by atomic mass is 9.97. The largest absolute Gasteiger partial charge is 0.426 e. The second kappa shape index (κ2) is 4.29. The van der Waals surface area contributed by atoms with Crippen molar-refractivity contribution in [3.8, 4) is 5.75 Å². The normalized spacial score (nSPS) is 11.5. The van der Waals surface area contributed by atoms with Crippen molar-refractivity contribution in [2.24, 2.45) is 5.41 Å². The maximum atomic E-state index is 11.7. The van der Waals surface area contributed by atoms with E-state index in [0.29, 0.717) is 11.3 Å². The third kappa shape index (κ3) is 2.59. The number of ether oxygens (including phenoxy) is 1. The molecule has 0 radical (unpaired) electrons. The molecule has 0 aliphatic heterocycles. The van der Waals surface area contributed by atoms with E-state index in [-0.39, 0.29) is 5.97 Å². The Labute approximate surface area is 104 Å². The molecule has 1 aromatic carbocycles. The van der Waals surface area contributed by atoms with Crippen LogP contribution in [-0.4, -0.2) is 5.97 Å². The molecule has 1 aromatic heterocycles. The molecule has 0 saturated carbocycles. The zero-order chi connectivity index (χ0) is 13.3. The Kier molecular flexibility index (Phi) is 2.95. The molecule has 2 aromatic rings. The smallest absolute Gasteiger partial charge is 0.336 e. The summed E-state index contributed by atoms with van der Waals surface area (Å²) in [5, 5.41) is 0.783. The minimum absolute atomic E-state index is 0.333. The van der Waals surface area contributed by atoms with Gasteiger partial charge in [-0.05, 0) is 39.0 Å². The summed E-state index contributed by atoms with van der Waals surface area (Å²) in [5.74, 6) is 0.0388. The second-order valence-corrected chi connectivity index (χ2v) is 5.09. The van der Waals surface area contributed by atoms with Crippen LogP contribution in [0, 0.1) is 5.41 Å². The SMILES string of the molecule is CC(C)(C)C(=O)Oc1ccc2ccc(=O)oc2c1. The highest BCUT2D eigenvalue weighted by atomic mass is 16.5.